The van der Waals surface area contributed by atoms with Crippen molar-refractivity contribution in [3.63, 3.8) is 0 Å². The highest BCUT2D eigenvalue weighted by molar-refractivity contribution is 5.71. The van der Waals surface area contributed by atoms with Gasteiger partial charge in [-0.15, -0.1) is 0 Å². The van der Waals surface area contributed by atoms with Crippen molar-refractivity contribution in [2.75, 3.05) is 30.3 Å². The van der Waals surface area contributed by atoms with Crippen LogP contribution in [0.5, 0.6) is 5.88 Å². The van der Waals surface area contributed by atoms with Crippen LogP contribution in [0.2, 0.25) is 0 Å². The van der Waals surface area contributed by atoms with E-state index in [4.69, 9.17) is 4.74 Å². The van der Waals surface area contributed by atoms with Crippen molar-refractivity contribution in [3.8, 4) is 5.88 Å². The number of ether oxygens (including phenoxy) is 1. The largest absolute Gasteiger partial charge is 0.468 e. The molecule has 0 saturated heterocycles. The fourth-order valence-electron chi connectivity index (χ4n) is 2.39. The van der Waals surface area contributed by atoms with Gasteiger partial charge in [-0.1, -0.05) is 20.3 Å². The van der Waals surface area contributed by atoms with Crippen molar-refractivity contribution >= 4 is 11.5 Å². The van der Waals surface area contributed by atoms with Gasteiger partial charge in [0.2, 0.25) is 5.88 Å². The third-order valence-electron chi connectivity index (χ3n) is 3.48. The number of pyridine rings is 1. The minimum Gasteiger partial charge on any atom is -0.468 e. The highest BCUT2D eigenvalue weighted by Gasteiger charge is 2.29. The Morgan fingerprint density at radius 2 is 2.23 bits per heavy atom. The molecule has 1 aromatic rings. The number of nitrogens with one attached hydrogen (secondary N) is 2. The maximum atomic E-state index is 12.3. The zero-order valence-electron chi connectivity index (χ0n) is 12.9. The predicted molar refractivity (Wildman–Crippen MR) is 80.5 cm³/mol. The summed E-state index contributed by atoms with van der Waals surface area (Å²) < 4.78 is 41.7. The molecule has 0 fully saturated rings. The summed E-state index contributed by atoms with van der Waals surface area (Å²) in [5, 5.41) is 6.50. The quantitative estimate of drug-likeness (QED) is 0.783. The van der Waals surface area contributed by atoms with E-state index in [1.807, 2.05) is 0 Å². The van der Waals surface area contributed by atoms with E-state index < -0.39 is 12.8 Å². The first-order valence-corrected chi connectivity index (χ1v) is 7.60. The second-order valence-corrected chi connectivity index (χ2v) is 5.72. The zero-order valence-corrected chi connectivity index (χ0v) is 12.9. The van der Waals surface area contributed by atoms with Gasteiger partial charge in [-0.3, -0.25) is 0 Å². The third-order valence-corrected chi connectivity index (χ3v) is 3.48. The lowest BCUT2D eigenvalue weighted by atomic mass is 9.96. The van der Waals surface area contributed by atoms with Crippen molar-refractivity contribution in [3.05, 3.63) is 11.6 Å². The Bertz CT molecular complexity index is 506. The molecule has 1 aliphatic rings. The highest BCUT2D eigenvalue weighted by atomic mass is 19.4. The fraction of sp³-hybridized carbons (Fsp3) is 0.667. The molecule has 0 radical (unpaired) electrons. The Morgan fingerprint density at radius 1 is 1.45 bits per heavy atom. The van der Waals surface area contributed by atoms with Crippen LogP contribution in [0.4, 0.5) is 24.7 Å². The number of rotatable bonds is 6. The average Bonchev–Trinajstić information content (AvgIpc) is 2.44. The fourth-order valence-corrected chi connectivity index (χ4v) is 2.39. The molecular weight excluding hydrogens is 295 g/mol. The van der Waals surface area contributed by atoms with E-state index in [1.54, 1.807) is 6.07 Å². The predicted octanol–water partition coefficient (Wildman–Crippen LogP) is 3.84. The van der Waals surface area contributed by atoms with E-state index in [2.05, 4.69) is 29.5 Å². The Labute approximate surface area is 128 Å². The van der Waals surface area contributed by atoms with Gasteiger partial charge in [0.25, 0.3) is 0 Å². The van der Waals surface area contributed by atoms with Crippen LogP contribution in [0.25, 0.3) is 0 Å². The lowest BCUT2D eigenvalue weighted by Gasteiger charge is -2.26. The van der Waals surface area contributed by atoms with Crippen molar-refractivity contribution in [1.29, 1.82) is 0 Å². The minimum absolute atomic E-state index is 0.0194. The topological polar surface area (TPSA) is 46.2 Å². The molecular formula is C15H22F3N3O. The van der Waals surface area contributed by atoms with Gasteiger partial charge in [-0.05, 0) is 24.3 Å². The van der Waals surface area contributed by atoms with Crippen LogP contribution in [0, 0.1) is 5.92 Å². The maximum Gasteiger partial charge on any atom is 0.422 e. The molecule has 0 bridgehead atoms. The standard InChI is InChI=1S/C15H22F3N3O/c1-3-4-5-19-14-13-11(6-10(2)8-20-13)7-12(21-14)22-9-15(16,17)18/h7,10,20H,3-6,8-9H2,1-2H3,(H,19,21). The second kappa shape index (κ2) is 7.07. The van der Waals surface area contributed by atoms with Crippen LogP contribution in [0.15, 0.2) is 6.07 Å². The van der Waals surface area contributed by atoms with E-state index >= 15 is 0 Å². The number of alkyl halides is 3. The summed E-state index contributed by atoms with van der Waals surface area (Å²) in [6.07, 6.45) is -1.56. The number of anilines is 2. The number of hydrogen-bond acceptors (Lipinski definition) is 4. The van der Waals surface area contributed by atoms with Gasteiger partial charge in [-0.2, -0.15) is 18.2 Å². The van der Waals surface area contributed by atoms with E-state index in [1.165, 1.54) is 0 Å². The SMILES string of the molecule is CCCCNc1nc(OCC(F)(F)F)cc2c1NCC(C)C2. The number of hydrogen-bond donors (Lipinski definition) is 2. The van der Waals surface area contributed by atoms with Crippen LogP contribution in [0.3, 0.4) is 0 Å². The van der Waals surface area contributed by atoms with Gasteiger partial charge in [-0.25, -0.2) is 0 Å². The van der Waals surface area contributed by atoms with E-state index in [-0.39, 0.29) is 5.88 Å². The summed E-state index contributed by atoms with van der Waals surface area (Å²) in [7, 11) is 0. The lowest BCUT2D eigenvalue weighted by Crippen LogP contribution is -2.24. The number of halogens is 3. The van der Waals surface area contributed by atoms with Crippen molar-refractivity contribution in [2.24, 2.45) is 5.92 Å². The lowest BCUT2D eigenvalue weighted by molar-refractivity contribution is -0.154. The minimum atomic E-state index is -4.36. The molecule has 124 valence electrons. The van der Waals surface area contributed by atoms with E-state index in [0.29, 0.717) is 11.7 Å². The van der Waals surface area contributed by atoms with Gasteiger partial charge in [0.15, 0.2) is 12.4 Å². The van der Waals surface area contributed by atoms with Crippen LogP contribution in [-0.2, 0) is 6.42 Å². The molecule has 2 heterocycles. The molecule has 2 N–H and O–H groups in total. The first kappa shape index (κ1) is 16.7. The summed E-state index contributed by atoms with van der Waals surface area (Å²) in [5.74, 6) is 1.02. The van der Waals surface area contributed by atoms with Gasteiger partial charge in [0.1, 0.15) is 0 Å². The Hall–Kier alpha value is -1.66. The van der Waals surface area contributed by atoms with Crippen LogP contribution >= 0.6 is 0 Å². The molecule has 1 atom stereocenters. The molecule has 4 nitrogen and oxygen atoms in total. The van der Waals surface area contributed by atoms with E-state index in [9.17, 15) is 13.2 Å². The number of nitrogens with zero attached hydrogens (tertiary/aromatic N) is 1. The summed E-state index contributed by atoms with van der Waals surface area (Å²) in [4.78, 5) is 4.19. The van der Waals surface area contributed by atoms with Crippen LogP contribution < -0.4 is 15.4 Å². The van der Waals surface area contributed by atoms with Gasteiger partial charge >= 0.3 is 6.18 Å². The summed E-state index contributed by atoms with van der Waals surface area (Å²) >= 11 is 0. The molecule has 1 aliphatic heterocycles. The molecule has 0 amide bonds. The first-order valence-electron chi connectivity index (χ1n) is 7.60. The molecule has 0 aromatic carbocycles. The van der Waals surface area contributed by atoms with Crippen molar-refractivity contribution in [1.82, 2.24) is 4.98 Å². The Balaban J connectivity index is 2.19. The third kappa shape index (κ3) is 4.68. The van der Waals surface area contributed by atoms with Gasteiger partial charge < -0.3 is 15.4 Å². The molecule has 0 aliphatic carbocycles. The number of unbranched alkanes of at least 4 members (excludes halogenated alkanes) is 1. The summed E-state index contributed by atoms with van der Waals surface area (Å²) in [5.41, 5.74) is 1.83. The average molecular weight is 317 g/mol. The van der Waals surface area contributed by atoms with E-state index in [0.717, 1.165) is 43.6 Å². The van der Waals surface area contributed by atoms with Crippen molar-refractivity contribution < 1.29 is 17.9 Å². The summed E-state index contributed by atoms with van der Waals surface area (Å²) in [6.45, 7) is 4.41. The monoisotopic (exact) mass is 317 g/mol. The highest BCUT2D eigenvalue weighted by Crippen LogP contribution is 2.34. The van der Waals surface area contributed by atoms with Crippen LogP contribution in [-0.4, -0.2) is 30.9 Å². The number of fused-ring (bicyclic) bond motifs is 1. The molecule has 1 unspecified atom stereocenters. The molecule has 1 aromatic heterocycles. The van der Waals surface area contributed by atoms with Crippen LogP contribution in [0.1, 0.15) is 32.3 Å². The maximum absolute atomic E-state index is 12.3. The smallest absolute Gasteiger partial charge is 0.422 e. The zero-order chi connectivity index (χ0) is 16.2. The van der Waals surface area contributed by atoms with Crippen molar-refractivity contribution in [2.45, 2.75) is 39.3 Å². The molecule has 0 saturated carbocycles. The first-order chi connectivity index (χ1) is 10.4. The van der Waals surface area contributed by atoms with Gasteiger partial charge in [0.05, 0.1) is 5.69 Å². The van der Waals surface area contributed by atoms with Gasteiger partial charge in [0, 0.05) is 19.2 Å². The summed E-state index contributed by atoms with van der Waals surface area (Å²) in [6, 6.07) is 1.61. The molecule has 7 heteroatoms. The normalized spacial score (nSPS) is 17.6. The Morgan fingerprint density at radius 3 is 2.91 bits per heavy atom. The second-order valence-electron chi connectivity index (χ2n) is 5.72. The molecule has 0 spiro atoms. The Kier molecular flexibility index (Phi) is 5.37. The number of aromatic nitrogens is 1. The molecule has 22 heavy (non-hydrogen) atoms. The molecule has 2 rings (SSSR count).